The Balaban J connectivity index is 2.40. The molecule has 0 aliphatic heterocycles. The summed E-state index contributed by atoms with van der Waals surface area (Å²) in [6, 6.07) is 6.63. The van der Waals surface area contributed by atoms with Gasteiger partial charge in [-0.25, -0.2) is 9.59 Å². The molecule has 0 amide bonds. The first-order valence-corrected chi connectivity index (χ1v) is 10.1. The zero-order valence-corrected chi connectivity index (χ0v) is 17.7. The van der Waals surface area contributed by atoms with Crippen LogP contribution in [0.3, 0.4) is 0 Å². The van der Waals surface area contributed by atoms with Gasteiger partial charge < -0.3 is 19.1 Å². The third-order valence-electron chi connectivity index (χ3n) is 5.31. The predicted molar refractivity (Wildman–Crippen MR) is 117 cm³/mol. The highest BCUT2D eigenvalue weighted by Crippen LogP contribution is 2.37. The van der Waals surface area contributed by atoms with Gasteiger partial charge >= 0.3 is 11.9 Å². The highest BCUT2D eigenvalue weighted by molar-refractivity contribution is 6.28. The predicted octanol–water partition coefficient (Wildman–Crippen LogP) is 2.56. The van der Waals surface area contributed by atoms with Gasteiger partial charge in [0.2, 0.25) is 5.43 Å². The number of hydrogen-bond acceptors (Lipinski definition) is 7. The lowest BCUT2D eigenvalue weighted by Crippen LogP contribution is -2.18. The highest BCUT2D eigenvalue weighted by Gasteiger charge is 2.27. The number of aromatic nitrogens is 1. The highest BCUT2D eigenvalue weighted by atomic mass is 16.5. The maximum Gasteiger partial charge on any atom is 0.339 e. The molecule has 3 aromatic carbocycles. The van der Waals surface area contributed by atoms with Gasteiger partial charge in [-0.05, 0) is 38.3 Å². The van der Waals surface area contributed by atoms with E-state index in [1.807, 2.05) is 0 Å². The molecule has 0 saturated heterocycles. The van der Waals surface area contributed by atoms with Crippen LogP contribution in [0.25, 0.3) is 32.6 Å². The van der Waals surface area contributed by atoms with Crippen molar-refractivity contribution < 1.29 is 24.2 Å². The van der Waals surface area contributed by atoms with E-state index in [4.69, 9.17) is 9.47 Å². The van der Waals surface area contributed by atoms with E-state index >= 15 is 0 Å². The quantitative estimate of drug-likeness (QED) is 0.270. The number of carbonyl (C=O) groups excluding carboxylic acids is 2. The molecule has 0 aliphatic carbocycles. The van der Waals surface area contributed by atoms with E-state index in [-0.39, 0.29) is 51.6 Å². The lowest BCUT2D eigenvalue weighted by molar-refractivity contribution is -0.269. The van der Waals surface area contributed by atoms with Gasteiger partial charge in [-0.2, -0.15) is 0 Å². The molecule has 1 radical (unpaired) electrons. The molecule has 0 unspecified atom stereocenters. The molecule has 0 spiro atoms. The monoisotopic (exact) mass is 433 g/mol. The Labute approximate surface area is 181 Å². The van der Waals surface area contributed by atoms with Crippen LogP contribution in [0.2, 0.25) is 0 Å². The molecule has 8 nitrogen and oxygen atoms in total. The Kier molecular flexibility index (Phi) is 5.30. The summed E-state index contributed by atoms with van der Waals surface area (Å²) in [6.45, 7) is 6.67. The van der Waals surface area contributed by atoms with Crippen LogP contribution in [0.4, 0.5) is 0 Å². The van der Waals surface area contributed by atoms with Crippen molar-refractivity contribution in [1.82, 2.24) is 4.57 Å². The van der Waals surface area contributed by atoms with Crippen LogP contribution in [0.15, 0.2) is 39.9 Å². The SMILES string of the molecule is C[CH]n1c2cc(=O)c([O-])cc2c2c(C(=O)OCC)c(C(=O)OCC)cc3ccc(=O)c1c32. The summed E-state index contributed by atoms with van der Waals surface area (Å²) in [5.74, 6) is -2.31. The second-order valence-electron chi connectivity index (χ2n) is 7.07. The molecule has 0 fully saturated rings. The van der Waals surface area contributed by atoms with E-state index in [9.17, 15) is 24.3 Å². The molecule has 4 aromatic rings. The summed E-state index contributed by atoms with van der Waals surface area (Å²) in [4.78, 5) is 50.9. The minimum atomic E-state index is -0.798. The number of esters is 2. The smallest absolute Gasteiger partial charge is 0.339 e. The molecule has 0 atom stereocenters. The second kappa shape index (κ2) is 7.96. The van der Waals surface area contributed by atoms with Gasteiger partial charge in [0.25, 0.3) is 0 Å². The Hall–Kier alpha value is -3.94. The summed E-state index contributed by atoms with van der Waals surface area (Å²) in [5, 5.41) is 13.6. The molecule has 32 heavy (non-hydrogen) atoms. The third kappa shape index (κ3) is 3.07. The topological polar surface area (TPSA) is 115 Å². The van der Waals surface area contributed by atoms with Crippen LogP contribution in [-0.2, 0) is 9.47 Å². The van der Waals surface area contributed by atoms with Crippen molar-refractivity contribution in [2.45, 2.75) is 20.8 Å². The van der Waals surface area contributed by atoms with E-state index in [1.54, 1.807) is 33.4 Å². The van der Waals surface area contributed by atoms with E-state index in [0.717, 1.165) is 12.1 Å². The maximum atomic E-state index is 13.1. The van der Waals surface area contributed by atoms with Gasteiger partial charge in [0.15, 0.2) is 5.43 Å². The Bertz CT molecular complexity index is 1520. The van der Waals surface area contributed by atoms with E-state index < -0.39 is 23.1 Å². The first-order chi connectivity index (χ1) is 15.3. The molecule has 163 valence electrons. The van der Waals surface area contributed by atoms with Gasteiger partial charge in [0, 0.05) is 22.2 Å². The van der Waals surface area contributed by atoms with Gasteiger partial charge in [-0.3, -0.25) is 9.59 Å². The fraction of sp³-hybridized carbons (Fsp3) is 0.208. The summed E-state index contributed by atoms with van der Waals surface area (Å²) in [7, 11) is 0. The van der Waals surface area contributed by atoms with Gasteiger partial charge in [-0.15, -0.1) is 0 Å². The van der Waals surface area contributed by atoms with Crippen LogP contribution in [-0.4, -0.2) is 29.7 Å². The number of hydrogen-bond donors (Lipinski definition) is 0. The number of nitrogens with zero attached hydrogens (tertiary/aromatic N) is 1. The maximum absolute atomic E-state index is 13.1. The largest absolute Gasteiger partial charge is 0.870 e. The number of benzene rings is 3. The third-order valence-corrected chi connectivity index (χ3v) is 5.31. The Morgan fingerprint density at radius 3 is 2.31 bits per heavy atom. The molecular weight excluding hydrogens is 414 g/mol. The van der Waals surface area contributed by atoms with Crippen molar-refractivity contribution in [3.63, 3.8) is 0 Å². The van der Waals surface area contributed by atoms with Crippen LogP contribution < -0.4 is 16.0 Å². The number of ether oxygens (including phenoxy) is 2. The fourth-order valence-electron chi connectivity index (χ4n) is 4.09. The molecule has 1 heterocycles. The summed E-state index contributed by atoms with van der Waals surface area (Å²) in [6.07, 6.45) is 0. The van der Waals surface area contributed by atoms with Crippen molar-refractivity contribution in [1.29, 1.82) is 0 Å². The average Bonchev–Trinajstić information content (AvgIpc) is 2.76. The number of pyridine rings is 1. The molecule has 0 saturated carbocycles. The first kappa shape index (κ1) is 21.3. The van der Waals surface area contributed by atoms with Crippen molar-refractivity contribution in [3.05, 3.63) is 68.5 Å². The summed E-state index contributed by atoms with van der Waals surface area (Å²) in [5.41, 5.74) is -0.777. The molecule has 8 heteroatoms. The average molecular weight is 433 g/mol. The van der Waals surface area contributed by atoms with Gasteiger partial charge in [0.1, 0.15) is 0 Å². The number of fused-ring (bicyclic) bond motifs is 2. The minimum Gasteiger partial charge on any atom is -0.870 e. The number of carbonyl (C=O) groups is 2. The lowest BCUT2D eigenvalue weighted by Gasteiger charge is -2.21. The number of rotatable bonds is 5. The summed E-state index contributed by atoms with van der Waals surface area (Å²) >= 11 is 0. The van der Waals surface area contributed by atoms with Crippen molar-refractivity contribution >= 4 is 44.5 Å². The van der Waals surface area contributed by atoms with Crippen molar-refractivity contribution in [3.8, 4) is 5.75 Å². The molecule has 4 rings (SSSR count). The standard InChI is InChI=1S/C24H20NO7/c1-4-25-15-11-18(28)17(27)10-13(15)20-19-12(7-8-16(26)22(19)25)9-14(23(29)31-5-2)21(20)24(30)32-6-3/h4,7-11,27H,5-6H2,1-3H3/p-1. The minimum absolute atomic E-state index is 0.0427. The van der Waals surface area contributed by atoms with E-state index in [1.165, 1.54) is 16.7 Å². The Morgan fingerprint density at radius 1 is 0.969 bits per heavy atom. The van der Waals surface area contributed by atoms with E-state index in [0.29, 0.717) is 10.8 Å². The molecular formula is C24H19NO7-. The molecule has 0 aliphatic rings. The first-order valence-electron chi connectivity index (χ1n) is 10.1. The zero-order chi connectivity index (χ0) is 23.2. The van der Waals surface area contributed by atoms with Crippen LogP contribution in [0.5, 0.6) is 5.75 Å². The summed E-state index contributed by atoms with van der Waals surface area (Å²) < 4.78 is 11.9. The molecule has 0 N–H and O–H groups in total. The van der Waals surface area contributed by atoms with Crippen LogP contribution >= 0.6 is 0 Å². The normalized spacial score (nSPS) is 11.3. The van der Waals surface area contributed by atoms with Crippen molar-refractivity contribution in [2.24, 2.45) is 0 Å². The molecule has 1 aromatic heterocycles. The Morgan fingerprint density at radius 2 is 1.66 bits per heavy atom. The van der Waals surface area contributed by atoms with Gasteiger partial charge in [0.05, 0.1) is 41.9 Å². The lowest BCUT2D eigenvalue weighted by atomic mass is 9.91. The van der Waals surface area contributed by atoms with Crippen LogP contribution in [0.1, 0.15) is 41.5 Å². The van der Waals surface area contributed by atoms with E-state index in [2.05, 4.69) is 0 Å². The molecule has 0 bridgehead atoms. The second-order valence-corrected chi connectivity index (χ2v) is 7.07. The zero-order valence-electron chi connectivity index (χ0n) is 17.7. The van der Waals surface area contributed by atoms with Crippen LogP contribution in [0, 0.1) is 6.54 Å². The fourth-order valence-corrected chi connectivity index (χ4v) is 4.09. The van der Waals surface area contributed by atoms with Gasteiger partial charge in [-0.1, -0.05) is 17.9 Å². The van der Waals surface area contributed by atoms with Crippen molar-refractivity contribution in [2.75, 3.05) is 13.2 Å².